The second-order valence-electron chi connectivity index (χ2n) is 4.71. The van der Waals surface area contributed by atoms with Crippen LogP contribution in [0.2, 0.25) is 0 Å². The topological polar surface area (TPSA) is 26.3 Å². The molecule has 0 aromatic heterocycles. The molecule has 1 unspecified atom stereocenters. The molecule has 0 N–H and O–H groups in total. The van der Waals surface area contributed by atoms with Crippen molar-refractivity contribution in [1.29, 1.82) is 0 Å². The van der Waals surface area contributed by atoms with Crippen molar-refractivity contribution in [3.8, 4) is 5.75 Å². The Morgan fingerprint density at radius 2 is 1.95 bits per heavy atom. The Labute approximate surface area is 114 Å². The molecule has 0 radical (unpaired) electrons. The summed E-state index contributed by atoms with van der Waals surface area (Å²) in [5.74, 6) is 0.721. The fourth-order valence-electron chi connectivity index (χ4n) is 2.20. The summed E-state index contributed by atoms with van der Waals surface area (Å²) < 4.78 is 5.21. The molecule has 1 atom stereocenters. The fourth-order valence-corrected chi connectivity index (χ4v) is 2.20. The van der Waals surface area contributed by atoms with E-state index >= 15 is 0 Å². The SMILES string of the molecule is COc1cccc(CC(C=O)c2cccc(C)c2)c1. The van der Waals surface area contributed by atoms with Gasteiger partial charge in [-0.25, -0.2) is 0 Å². The van der Waals surface area contributed by atoms with Crippen LogP contribution in [-0.4, -0.2) is 13.4 Å². The predicted molar refractivity (Wildman–Crippen MR) is 76.7 cm³/mol. The van der Waals surface area contributed by atoms with Crippen LogP contribution in [0.15, 0.2) is 48.5 Å². The first kappa shape index (κ1) is 13.3. The average Bonchev–Trinajstić information content (AvgIpc) is 2.45. The molecule has 0 heterocycles. The Morgan fingerprint density at radius 3 is 2.63 bits per heavy atom. The number of carbonyl (C=O) groups excluding carboxylic acids is 1. The zero-order chi connectivity index (χ0) is 13.7. The van der Waals surface area contributed by atoms with E-state index in [9.17, 15) is 4.79 Å². The molecule has 98 valence electrons. The quantitative estimate of drug-likeness (QED) is 0.763. The van der Waals surface area contributed by atoms with Crippen LogP contribution in [0.25, 0.3) is 0 Å². The number of methoxy groups -OCH3 is 1. The third-order valence-corrected chi connectivity index (χ3v) is 3.22. The second-order valence-corrected chi connectivity index (χ2v) is 4.71. The van der Waals surface area contributed by atoms with Gasteiger partial charge in [0.15, 0.2) is 0 Å². The molecule has 0 aliphatic rings. The number of benzene rings is 2. The van der Waals surface area contributed by atoms with E-state index in [1.807, 2.05) is 49.4 Å². The Balaban J connectivity index is 2.21. The molecule has 2 aromatic rings. The summed E-state index contributed by atoms with van der Waals surface area (Å²) in [5.41, 5.74) is 3.35. The highest BCUT2D eigenvalue weighted by Crippen LogP contribution is 2.22. The molecule has 2 rings (SSSR count). The summed E-state index contributed by atoms with van der Waals surface area (Å²) in [6.07, 6.45) is 1.72. The summed E-state index contributed by atoms with van der Waals surface area (Å²) in [6.45, 7) is 2.04. The highest BCUT2D eigenvalue weighted by Gasteiger charge is 2.11. The van der Waals surface area contributed by atoms with Gasteiger partial charge < -0.3 is 9.53 Å². The van der Waals surface area contributed by atoms with E-state index in [0.29, 0.717) is 6.42 Å². The first-order valence-electron chi connectivity index (χ1n) is 6.37. The van der Waals surface area contributed by atoms with E-state index in [2.05, 4.69) is 6.07 Å². The number of carbonyl (C=O) groups is 1. The molecule has 0 spiro atoms. The van der Waals surface area contributed by atoms with Crippen molar-refractivity contribution in [3.05, 3.63) is 65.2 Å². The third kappa shape index (κ3) is 3.44. The molecule has 0 aliphatic carbocycles. The van der Waals surface area contributed by atoms with Crippen molar-refractivity contribution in [2.24, 2.45) is 0 Å². The molecule has 2 aromatic carbocycles. The Kier molecular flexibility index (Phi) is 4.35. The van der Waals surface area contributed by atoms with Crippen molar-refractivity contribution in [2.75, 3.05) is 7.11 Å². The first-order chi connectivity index (χ1) is 9.22. The lowest BCUT2D eigenvalue weighted by Crippen LogP contribution is -2.04. The summed E-state index contributed by atoms with van der Waals surface area (Å²) in [4.78, 5) is 11.3. The van der Waals surface area contributed by atoms with Gasteiger partial charge in [0, 0.05) is 5.92 Å². The number of aldehydes is 1. The first-order valence-corrected chi connectivity index (χ1v) is 6.37. The standard InChI is InChI=1S/C17H18O2/c1-13-5-3-7-15(9-13)16(12-18)10-14-6-4-8-17(11-14)19-2/h3-9,11-12,16H,10H2,1-2H3. The number of ether oxygens (including phenoxy) is 1. The number of aryl methyl sites for hydroxylation is 1. The van der Waals surface area contributed by atoms with Gasteiger partial charge in [-0.3, -0.25) is 0 Å². The maximum Gasteiger partial charge on any atom is 0.127 e. The molecule has 0 amide bonds. The van der Waals surface area contributed by atoms with E-state index in [1.165, 1.54) is 5.56 Å². The molecular formula is C17H18O2. The summed E-state index contributed by atoms with van der Waals surface area (Å²) >= 11 is 0. The van der Waals surface area contributed by atoms with Crippen LogP contribution in [-0.2, 0) is 11.2 Å². The minimum Gasteiger partial charge on any atom is -0.497 e. The van der Waals surface area contributed by atoms with Crippen LogP contribution >= 0.6 is 0 Å². The van der Waals surface area contributed by atoms with Crippen molar-refractivity contribution in [2.45, 2.75) is 19.3 Å². The highest BCUT2D eigenvalue weighted by atomic mass is 16.5. The molecule has 0 fully saturated rings. The maximum absolute atomic E-state index is 11.3. The lowest BCUT2D eigenvalue weighted by atomic mass is 9.92. The largest absolute Gasteiger partial charge is 0.497 e. The van der Waals surface area contributed by atoms with Gasteiger partial charge in [0.25, 0.3) is 0 Å². The number of rotatable bonds is 5. The third-order valence-electron chi connectivity index (χ3n) is 3.22. The van der Waals surface area contributed by atoms with E-state index in [1.54, 1.807) is 7.11 Å². The van der Waals surface area contributed by atoms with Crippen LogP contribution in [0.5, 0.6) is 5.75 Å². The van der Waals surface area contributed by atoms with Crippen molar-refractivity contribution >= 4 is 6.29 Å². The fraction of sp³-hybridized carbons (Fsp3) is 0.235. The lowest BCUT2D eigenvalue weighted by Gasteiger charge is -2.12. The molecule has 2 heteroatoms. The van der Waals surface area contributed by atoms with Crippen LogP contribution in [0.4, 0.5) is 0 Å². The zero-order valence-corrected chi connectivity index (χ0v) is 11.3. The molecule has 0 bridgehead atoms. The monoisotopic (exact) mass is 254 g/mol. The smallest absolute Gasteiger partial charge is 0.127 e. The average molecular weight is 254 g/mol. The van der Waals surface area contributed by atoms with E-state index < -0.39 is 0 Å². The summed E-state index contributed by atoms with van der Waals surface area (Å²) in [7, 11) is 1.65. The molecule has 0 saturated carbocycles. The molecular weight excluding hydrogens is 236 g/mol. The van der Waals surface area contributed by atoms with Gasteiger partial charge in [-0.05, 0) is 36.6 Å². The molecule has 0 saturated heterocycles. The second kappa shape index (κ2) is 6.19. The van der Waals surface area contributed by atoms with Crippen LogP contribution in [0.1, 0.15) is 22.6 Å². The predicted octanol–water partition coefficient (Wildman–Crippen LogP) is 3.53. The van der Waals surface area contributed by atoms with Crippen LogP contribution in [0.3, 0.4) is 0 Å². The minimum atomic E-state index is -0.105. The van der Waals surface area contributed by atoms with Gasteiger partial charge in [-0.2, -0.15) is 0 Å². The van der Waals surface area contributed by atoms with Crippen molar-refractivity contribution in [3.63, 3.8) is 0 Å². The minimum absolute atomic E-state index is 0.105. The Bertz CT molecular complexity index is 561. The lowest BCUT2D eigenvalue weighted by molar-refractivity contribution is -0.109. The van der Waals surface area contributed by atoms with Gasteiger partial charge in [0.05, 0.1) is 7.11 Å². The highest BCUT2D eigenvalue weighted by molar-refractivity contribution is 5.63. The van der Waals surface area contributed by atoms with E-state index in [0.717, 1.165) is 23.2 Å². The van der Waals surface area contributed by atoms with Crippen molar-refractivity contribution in [1.82, 2.24) is 0 Å². The summed E-state index contributed by atoms with van der Waals surface area (Å²) in [5, 5.41) is 0. The van der Waals surface area contributed by atoms with Crippen LogP contribution < -0.4 is 4.74 Å². The van der Waals surface area contributed by atoms with Crippen molar-refractivity contribution < 1.29 is 9.53 Å². The van der Waals surface area contributed by atoms with Gasteiger partial charge in [-0.1, -0.05) is 42.0 Å². The van der Waals surface area contributed by atoms with Crippen LogP contribution in [0, 0.1) is 6.92 Å². The molecule has 19 heavy (non-hydrogen) atoms. The number of hydrogen-bond acceptors (Lipinski definition) is 2. The normalized spacial score (nSPS) is 11.9. The van der Waals surface area contributed by atoms with Gasteiger partial charge in [0.2, 0.25) is 0 Å². The van der Waals surface area contributed by atoms with E-state index in [4.69, 9.17) is 4.74 Å². The molecule has 2 nitrogen and oxygen atoms in total. The van der Waals surface area contributed by atoms with E-state index in [-0.39, 0.29) is 5.92 Å². The summed E-state index contributed by atoms with van der Waals surface area (Å²) in [6, 6.07) is 16.0. The number of hydrogen-bond donors (Lipinski definition) is 0. The molecule has 0 aliphatic heterocycles. The van der Waals surface area contributed by atoms with Gasteiger partial charge >= 0.3 is 0 Å². The van der Waals surface area contributed by atoms with Gasteiger partial charge in [-0.15, -0.1) is 0 Å². The van der Waals surface area contributed by atoms with Gasteiger partial charge in [0.1, 0.15) is 12.0 Å². The zero-order valence-electron chi connectivity index (χ0n) is 11.3. The Hall–Kier alpha value is -2.09. The Morgan fingerprint density at radius 1 is 1.16 bits per heavy atom. The maximum atomic E-state index is 11.3.